The third-order valence-electron chi connectivity index (χ3n) is 2.46. The van der Waals surface area contributed by atoms with Gasteiger partial charge in [0.15, 0.2) is 0 Å². The molecule has 1 atom stereocenters. The molecule has 0 aliphatic heterocycles. The zero-order valence-electron chi connectivity index (χ0n) is 10.7. The van der Waals surface area contributed by atoms with E-state index in [4.69, 9.17) is 0 Å². The smallest absolute Gasteiger partial charge is 0.328 e. The van der Waals surface area contributed by atoms with E-state index in [1.54, 1.807) is 13.0 Å². The lowest BCUT2D eigenvalue weighted by molar-refractivity contribution is -0.142. The highest BCUT2D eigenvalue weighted by Crippen LogP contribution is 2.15. The second kappa shape index (κ2) is 6.58. The van der Waals surface area contributed by atoms with Gasteiger partial charge in [0.05, 0.1) is 7.11 Å². The highest BCUT2D eigenvalue weighted by molar-refractivity contribution is 9.10. The summed E-state index contributed by atoms with van der Waals surface area (Å²) >= 11 is 3.34. The maximum atomic E-state index is 12.0. The van der Waals surface area contributed by atoms with Gasteiger partial charge < -0.3 is 14.6 Å². The van der Waals surface area contributed by atoms with Crippen LogP contribution in [0.5, 0.6) is 0 Å². The fourth-order valence-electron chi connectivity index (χ4n) is 1.60. The number of methoxy groups -OCH3 is 1. The van der Waals surface area contributed by atoms with Crippen molar-refractivity contribution in [2.45, 2.75) is 32.9 Å². The normalized spacial score (nSPS) is 12.0. The van der Waals surface area contributed by atoms with Crippen LogP contribution in [-0.2, 0) is 16.1 Å². The lowest BCUT2D eigenvalue weighted by Crippen LogP contribution is -2.39. The quantitative estimate of drug-likeness (QED) is 0.845. The van der Waals surface area contributed by atoms with E-state index in [9.17, 15) is 9.59 Å². The molecule has 1 aromatic heterocycles. The minimum absolute atomic E-state index is 0.285. The third kappa shape index (κ3) is 3.60. The zero-order chi connectivity index (χ0) is 13.7. The summed E-state index contributed by atoms with van der Waals surface area (Å²) in [5.74, 6) is -0.747. The topological polar surface area (TPSA) is 60.3 Å². The van der Waals surface area contributed by atoms with Crippen LogP contribution < -0.4 is 5.32 Å². The molecule has 1 heterocycles. The average molecular weight is 317 g/mol. The van der Waals surface area contributed by atoms with E-state index in [-0.39, 0.29) is 5.91 Å². The SMILES string of the molecule is CCCn1cc(Br)cc1C(=O)N[C@@H](C)C(=O)OC. The van der Waals surface area contributed by atoms with Crippen LogP contribution in [0.15, 0.2) is 16.7 Å². The Hall–Kier alpha value is -1.30. The first-order valence-electron chi connectivity index (χ1n) is 5.74. The van der Waals surface area contributed by atoms with Crippen LogP contribution >= 0.6 is 15.9 Å². The first-order chi connectivity index (χ1) is 8.49. The molecule has 1 rings (SSSR count). The summed E-state index contributed by atoms with van der Waals surface area (Å²) in [5, 5.41) is 2.60. The molecule has 0 aliphatic carbocycles. The van der Waals surface area contributed by atoms with Crippen LogP contribution in [0.25, 0.3) is 0 Å². The van der Waals surface area contributed by atoms with Crippen LogP contribution in [0.1, 0.15) is 30.8 Å². The van der Waals surface area contributed by atoms with Crippen molar-refractivity contribution >= 4 is 27.8 Å². The van der Waals surface area contributed by atoms with Gasteiger partial charge in [0.1, 0.15) is 11.7 Å². The molecule has 1 aromatic rings. The number of halogens is 1. The fourth-order valence-corrected chi connectivity index (χ4v) is 2.06. The van der Waals surface area contributed by atoms with Crippen molar-refractivity contribution in [3.63, 3.8) is 0 Å². The molecule has 6 heteroatoms. The number of aromatic nitrogens is 1. The number of esters is 1. The van der Waals surface area contributed by atoms with Crippen molar-refractivity contribution in [3.8, 4) is 0 Å². The number of aryl methyl sites for hydroxylation is 1. The van der Waals surface area contributed by atoms with Gasteiger partial charge >= 0.3 is 5.97 Å². The Labute approximate surface area is 115 Å². The van der Waals surface area contributed by atoms with Crippen molar-refractivity contribution in [3.05, 3.63) is 22.4 Å². The Morgan fingerprint density at radius 1 is 1.56 bits per heavy atom. The predicted octanol–water partition coefficient (Wildman–Crippen LogP) is 1.95. The second-order valence-corrected chi connectivity index (χ2v) is 4.87. The van der Waals surface area contributed by atoms with E-state index in [2.05, 4.69) is 26.0 Å². The molecule has 18 heavy (non-hydrogen) atoms. The van der Waals surface area contributed by atoms with Gasteiger partial charge in [-0.25, -0.2) is 4.79 Å². The minimum Gasteiger partial charge on any atom is -0.467 e. The summed E-state index contributed by atoms with van der Waals surface area (Å²) in [7, 11) is 1.29. The van der Waals surface area contributed by atoms with Gasteiger partial charge in [-0.2, -0.15) is 0 Å². The van der Waals surface area contributed by atoms with Gasteiger partial charge in [-0.05, 0) is 35.3 Å². The molecule has 1 amide bonds. The molecule has 0 radical (unpaired) electrons. The molecule has 0 spiro atoms. The van der Waals surface area contributed by atoms with Crippen LogP contribution in [0.2, 0.25) is 0 Å². The number of carbonyl (C=O) groups excluding carboxylic acids is 2. The largest absolute Gasteiger partial charge is 0.467 e. The number of nitrogens with zero attached hydrogens (tertiary/aromatic N) is 1. The van der Waals surface area contributed by atoms with E-state index >= 15 is 0 Å². The summed E-state index contributed by atoms with van der Waals surface area (Å²) < 4.78 is 7.25. The summed E-state index contributed by atoms with van der Waals surface area (Å²) in [6, 6.07) is 1.07. The van der Waals surface area contributed by atoms with Crippen LogP contribution in [0.3, 0.4) is 0 Å². The van der Waals surface area contributed by atoms with Crippen molar-refractivity contribution in [2.24, 2.45) is 0 Å². The molecule has 0 bridgehead atoms. The van der Waals surface area contributed by atoms with Crippen LogP contribution in [0.4, 0.5) is 0 Å². The van der Waals surface area contributed by atoms with E-state index < -0.39 is 12.0 Å². The van der Waals surface area contributed by atoms with Crippen molar-refractivity contribution < 1.29 is 14.3 Å². The zero-order valence-corrected chi connectivity index (χ0v) is 12.3. The van der Waals surface area contributed by atoms with Crippen molar-refractivity contribution in [1.82, 2.24) is 9.88 Å². The van der Waals surface area contributed by atoms with Gasteiger partial charge in [0.2, 0.25) is 0 Å². The van der Waals surface area contributed by atoms with Crippen LogP contribution in [0, 0.1) is 0 Å². The Morgan fingerprint density at radius 2 is 2.22 bits per heavy atom. The number of nitrogens with one attached hydrogen (secondary N) is 1. The van der Waals surface area contributed by atoms with Crippen molar-refractivity contribution in [2.75, 3.05) is 7.11 Å². The first kappa shape index (κ1) is 14.8. The predicted molar refractivity (Wildman–Crippen MR) is 71.4 cm³/mol. The molecule has 0 aliphatic rings. The van der Waals surface area contributed by atoms with Gasteiger partial charge in [-0.15, -0.1) is 0 Å². The second-order valence-electron chi connectivity index (χ2n) is 3.96. The third-order valence-corrected chi connectivity index (χ3v) is 2.90. The number of carbonyl (C=O) groups is 2. The Morgan fingerprint density at radius 3 is 2.78 bits per heavy atom. The standard InChI is InChI=1S/C12H17BrN2O3/c1-4-5-15-7-9(13)6-10(15)11(16)14-8(2)12(17)18-3/h6-8H,4-5H2,1-3H3,(H,14,16)/t8-/m0/s1. The number of hydrogen-bond donors (Lipinski definition) is 1. The molecule has 100 valence electrons. The lowest BCUT2D eigenvalue weighted by Gasteiger charge is -2.12. The summed E-state index contributed by atoms with van der Waals surface area (Å²) in [4.78, 5) is 23.3. The van der Waals surface area contributed by atoms with E-state index in [1.165, 1.54) is 7.11 Å². The van der Waals surface area contributed by atoms with E-state index in [0.717, 1.165) is 17.4 Å². The first-order valence-corrected chi connectivity index (χ1v) is 6.53. The molecule has 5 nitrogen and oxygen atoms in total. The Bertz CT molecular complexity index is 443. The minimum atomic E-state index is -0.661. The van der Waals surface area contributed by atoms with E-state index in [1.807, 2.05) is 17.7 Å². The van der Waals surface area contributed by atoms with Crippen LogP contribution in [-0.4, -0.2) is 29.6 Å². The van der Waals surface area contributed by atoms with Gasteiger partial charge in [-0.3, -0.25) is 4.79 Å². The average Bonchev–Trinajstić information content (AvgIpc) is 2.69. The number of ether oxygens (including phenoxy) is 1. The fraction of sp³-hybridized carbons (Fsp3) is 0.500. The van der Waals surface area contributed by atoms with Crippen molar-refractivity contribution in [1.29, 1.82) is 0 Å². The molecular formula is C12H17BrN2O3. The Kier molecular flexibility index (Phi) is 5.40. The summed E-state index contributed by atoms with van der Waals surface area (Å²) in [5.41, 5.74) is 0.527. The van der Waals surface area contributed by atoms with E-state index in [0.29, 0.717) is 5.69 Å². The molecule has 0 saturated heterocycles. The molecule has 0 aromatic carbocycles. The number of hydrogen-bond acceptors (Lipinski definition) is 3. The van der Waals surface area contributed by atoms with Gasteiger partial charge in [0.25, 0.3) is 5.91 Å². The lowest BCUT2D eigenvalue weighted by atomic mass is 10.3. The van der Waals surface area contributed by atoms with Gasteiger partial charge in [-0.1, -0.05) is 6.92 Å². The summed E-state index contributed by atoms with van der Waals surface area (Å²) in [6.07, 6.45) is 2.77. The highest BCUT2D eigenvalue weighted by atomic mass is 79.9. The maximum absolute atomic E-state index is 12.0. The molecule has 1 N–H and O–H groups in total. The highest BCUT2D eigenvalue weighted by Gasteiger charge is 2.19. The molecule has 0 fully saturated rings. The Balaban J connectivity index is 2.80. The summed E-state index contributed by atoms with van der Waals surface area (Å²) in [6.45, 7) is 4.37. The number of amides is 1. The number of rotatable bonds is 5. The molecular weight excluding hydrogens is 300 g/mol. The van der Waals surface area contributed by atoms with Gasteiger partial charge in [0, 0.05) is 17.2 Å². The molecule has 0 saturated carbocycles. The molecule has 0 unspecified atom stereocenters. The monoisotopic (exact) mass is 316 g/mol. The maximum Gasteiger partial charge on any atom is 0.328 e.